The van der Waals surface area contributed by atoms with E-state index in [-0.39, 0.29) is 5.97 Å². The molecule has 3 rings (SSSR count). The molecule has 1 heterocycles. The van der Waals surface area contributed by atoms with Crippen LogP contribution in [0, 0.1) is 6.92 Å². The summed E-state index contributed by atoms with van der Waals surface area (Å²) in [6.07, 6.45) is 2.14. The van der Waals surface area contributed by atoms with Gasteiger partial charge in [0.15, 0.2) is 0 Å². The van der Waals surface area contributed by atoms with Gasteiger partial charge in [-0.2, -0.15) is 0 Å². The van der Waals surface area contributed by atoms with Crippen molar-refractivity contribution >= 4 is 28.6 Å². The number of thioether (sulfide) groups is 1. The maximum atomic E-state index is 11.6. The van der Waals surface area contributed by atoms with Crippen LogP contribution in [0.3, 0.4) is 0 Å². The van der Waals surface area contributed by atoms with Crippen molar-refractivity contribution in [1.29, 1.82) is 0 Å². The SMILES string of the molecule is CCOC(=O)CSc1cn(Cc2ccccc2C)c2ccccc12. The minimum atomic E-state index is -0.168. The lowest BCUT2D eigenvalue weighted by molar-refractivity contribution is -0.139. The number of rotatable bonds is 6. The number of benzene rings is 2. The summed E-state index contributed by atoms with van der Waals surface area (Å²) < 4.78 is 7.28. The number of fused-ring (bicyclic) bond motifs is 1. The first kappa shape index (κ1) is 16.7. The van der Waals surface area contributed by atoms with Crippen LogP contribution in [0.15, 0.2) is 59.6 Å². The van der Waals surface area contributed by atoms with Crippen LogP contribution >= 0.6 is 11.8 Å². The number of hydrogen-bond acceptors (Lipinski definition) is 3. The monoisotopic (exact) mass is 339 g/mol. The van der Waals surface area contributed by atoms with Crippen LogP contribution in [0.5, 0.6) is 0 Å². The molecule has 2 aromatic carbocycles. The highest BCUT2D eigenvalue weighted by Crippen LogP contribution is 2.30. The van der Waals surface area contributed by atoms with E-state index in [1.54, 1.807) is 0 Å². The van der Waals surface area contributed by atoms with Crippen molar-refractivity contribution in [3.63, 3.8) is 0 Å². The van der Waals surface area contributed by atoms with Gasteiger partial charge >= 0.3 is 5.97 Å². The predicted octanol–water partition coefficient (Wildman–Crippen LogP) is 4.65. The molecule has 0 N–H and O–H groups in total. The van der Waals surface area contributed by atoms with Gasteiger partial charge in [0.25, 0.3) is 0 Å². The Balaban J connectivity index is 1.89. The largest absolute Gasteiger partial charge is 0.465 e. The van der Waals surface area contributed by atoms with Crippen molar-refractivity contribution < 1.29 is 9.53 Å². The van der Waals surface area contributed by atoms with E-state index in [4.69, 9.17) is 4.74 Å². The highest BCUT2D eigenvalue weighted by atomic mass is 32.2. The second-order valence-corrected chi connectivity index (χ2v) is 6.68. The number of carbonyl (C=O) groups excluding carboxylic acids is 1. The lowest BCUT2D eigenvalue weighted by atomic mass is 10.1. The van der Waals surface area contributed by atoms with Gasteiger partial charge in [-0.05, 0) is 31.0 Å². The maximum absolute atomic E-state index is 11.6. The Morgan fingerprint density at radius 1 is 1.12 bits per heavy atom. The molecule has 0 fully saturated rings. The Hall–Kier alpha value is -2.20. The average molecular weight is 339 g/mol. The molecule has 0 saturated carbocycles. The second-order valence-electron chi connectivity index (χ2n) is 5.66. The van der Waals surface area contributed by atoms with E-state index >= 15 is 0 Å². The van der Waals surface area contributed by atoms with Crippen molar-refractivity contribution in [1.82, 2.24) is 4.57 Å². The number of esters is 1. The summed E-state index contributed by atoms with van der Waals surface area (Å²) in [5.74, 6) is 0.171. The molecule has 0 spiro atoms. The molecule has 3 aromatic rings. The Morgan fingerprint density at radius 3 is 2.67 bits per heavy atom. The average Bonchev–Trinajstić information content (AvgIpc) is 2.93. The van der Waals surface area contributed by atoms with Crippen LogP contribution in [0.4, 0.5) is 0 Å². The molecule has 1 aromatic heterocycles. The summed E-state index contributed by atoms with van der Waals surface area (Å²) in [6.45, 7) is 5.22. The molecule has 24 heavy (non-hydrogen) atoms. The first-order valence-corrected chi connectivity index (χ1v) is 9.08. The minimum absolute atomic E-state index is 0.168. The normalized spacial score (nSPS) is 10.9. The van der Waals surface area contributed by atoms with Gasteiger partial charge in [0.05, 0.1) is 12.4 Å². The van der Waals surface area contributed by atoms with Crippen molar-refractivity contribution in [3.8, 4) is 0 Å². The fraction of sp³-hybridized carbons (Fsp3) is 0.250. The van der Waals surface area contributed by atoms with Gasteiger partial charge in [-0.15, -0.1) is 11.8 Å². The van der Waals surface area contributed by atoms with E-state index in [1.807, 2.05) is 13.0 Å². The fourth-order valence-electron chi connectivity index (χ4n) is 2.77. The quantitative estimate of drug-likeness (QED) is 0.484. The molecule has 124 valence electrons. The fourth-order valence-corrected chi connectivity index (χ4v) is 3.66. The Morgan fingerprint density at radius 2 is 1.88 bits per heavy atom. The number of aromatic nitrogens is 1. The van der Waals surface area contributed by atoms with Gasteiger partial charge in [-0.1, -0.05) is 42.5 Å². The zero-order valence-corrected chi connectivity index (χ0v) is 14.8. The molecule has 0 saturated heterocycles. The third-order valence-corrected chi connectivity index (χ3v) is 5.02. The molecule has 4 heteroatoms. The number of para-hydroxylation sites is 1. The van der Waals surface area contributed by atoms with E-state index in [9.17, 15) is 4.79 Å². The van der Waals surface area contributed by atoms with Crippen LogP contribution in [0.2, 0.25) is 0 Å². The Kier molecular flexibility index (Phi) is 5.26. The van der Waals surface area contributed by atoms with Gasteiger partial charge < -0.3 is 9.30 Å². The van der Waals surface area contributed by atoms with Crippen LogP contribution in [0.1, 0.15) is 18.1 Å². The van der Waals surface area contributed by atoms with Crippen molar-refractivity contribution in [2.24, 2.45) is 0 Å². The first-order chi connectivity index (χ1) is 11.7. The van der Waals surface area contributed by atoms with Gasteiger partial charge in [0, 0.05) is 28.5 Å². The van der Waals surface area contributed by atoms with E-state index in [0.29, 0.717) is 12.4 Å². The van der Waals surface area contributed by atoms with Crippen molar-refractivity contribution in [2.75, 3.05) is 12.4 Å². The third kappa shape index (κ3) is 3.65. The lowest BCUT2D eigenvalue weighted by Gasteiger charge is -2.08. The molecule has 0 bridgehead atoms. The number of hydrogen-bond donors (Lipinski definition) is 0. The van der Waals surface area contributed by atoms with Crippen molar-refractivity contribution in [2.45, 2.75) is 25.3 Å². The molecule has 0 atom stereocenters. The van der Waals surface area contributed by atoms with Crippen LogP contribution < -0.4 is 0 Å². The molecular weight excluding hydrogens is 318 g/mol. The highest BCUT2D eigenvalue weighted by Gasteiger charge is 2.11. The third-order valence-electron chi connectivity index (χ3n) is 4.00. The lowest BCUT2D eigenvalue weighted by Crippen LogP contribution is -2.06. The zero-order chi connectivity index (χ0) is 16.9. The smallest absolute Gasteiger partial charge is 0.316 e. The molecule has 0 radical (unpaired) electrons. The molecule has 0 aliphatic heterocycles. The van der Waals surface area contributed by atoms with E-state index in [2.05, 4.69) is 60.2 Å². The van der Waals surface area contributed by atoms with E-state index in [0.717, 1.165) is 11.4 Å². The minimum Gasteiger partial charge on any atom is -0.465 e. The molecule has 0 unspecified atom stereocenters. The van der Waals surface area contributed by atoms with Gasteiger partial charge in [-0.25, -0.2) is 0 Å². The summed E-state index contributed by atoms with van der Waals surface area (Å²) >= 11 is 1.54. The number of aryl methyl sites for hydroxylation is 1. The van der Waals surface area contributed by atoms with Crippen molar-refractivity contribution in [3.05, 3.63) is 65.9 Å². The summed E-state index contributed by atoms with van der Waals surface area (Å²) in [5, 5.41) is 1.18. The van der Waals surface area contributed by atoms with Crippen LogP contribution in [-0.4, -0.2) is 22.9 Å². The summed E-state index contributed by atoms with van der Waals surface area (Å²) in [6, 6.07) is 16.8. The zero-order valence-electron chi connectivity index (χ0n) is 14.0. The summed E-state index contributed by atoms with van der Waals surface area (Å²) in [7, 11) is 0. The molecular formula is C20H21NO2S. The topological polar surface area (TPSA) is 31.2 Å². The highest BCUT2D eigenvalue weighted by molar-refractivity contribution is 8.00. The predicted molar refractivity (Wildman–Crippen MR) is 99.6 cm³/mol. The van der Waals surface area contributed by atoms with Gasteiger partial charge in [0.1, 0.15) is 0 Å². The summed E-state index contributed by atoms with van der Waals surface area (Å²) in [5.41, 5.74) is 3.78. The maximum Gasteiger partial charge on any atom is 0.316 e. The van der Waals surface area contributed by atoms with Crippen LogP contribution in [0.25, 0.3) is 10.9 Å². The summed E-state index contributed by atoms with van der Waals surface area (Å²) in [4.78, 5) is 12.8. The standard InChI is InChI=1S/C20H21NO2S/c1-3-23-20(22)14-24-19-13-21(18-11-7-6-10-17(18)19)12-16-9-5-4-8-15(16)2/h4-11,13H,3,12,14H2,1-2H3. The number of nitrogens with zero attached hydrogens (tertiary/aromatic N) is 1. The number of ether oxygens (including phenoxy) is 1. The van der Waals surface area contributed by atoms with Gasteiger partial charge in [0.2, 0.25) is 0 Å². The van der Waals surface area contributed by atoms with Gasteiger partial charge in [-0.3, -0.25) is 4.79 Å². The molecule has 0 amide bonds. The number of carbonyl (C=O) groups is 1. The first-order valence-electron chi connectivity index (χ1n) is 8.10. The Bertz CT molecular complexity index is 854. The second kappa shape index (κ2) is 7.58. The molecule has 3 nitrogen and oxygen atoms in total. The molecule has 0 aliphatic carbocycles. The van der Waals surface area contributed by atoms with Crippen LogP contribution in [-0.2, 0) is 16.1 Å². The Labute approximate surface area is 146 Å². The van der Waals surface area contributed by atoms with E-state index < -0.39 is 0 Å². The molecule has 0 aliphatic rings. The van der Waals surface area contributed by atoms with E-state index in [1.165, 1.54) is 33.8 Å².